The van der Waals surface area contributed by atoms with Gasteiger partial charge in [-0.1, -0.05) is 0 Å². The third-order valence-corrected chi connectivity index (χ3v) is 4.46. The van der Waals surface area contributed by atoms with E-state index < -0.39 is 0 Å². The summed E-state index contributed by atoms with van der Waals surface area (Å²) in [6.45, 7) is 1.67. The predicted octanol–water partition coefficient (Wildman–Crippen LogP) is 0.972. The van der Waals surface area contributed by atoms with E-state index >= 15 is 0 Å². The number of nitrogen functional groups attached to an aromatic ring is 1. The summed E-state index contributed by atoms with van der Waals surface area (Å²) in [6, 6.07) is 4.56. The lowest BCUT2D eigenvalue weighted by atomic mass is 10.1. The van der Waals surface area contributed by atoms with Crippen LogP contribution in [0.1, 0.15) is 29.6 Å². The molecule has 2 fully saturated rings. The topological polar surface area (TPSA) is 62.5 Å². The van der Waals surface area contributed by atoms with Gasteiger partial charge in [0.2, 0.25) is 0 Å². The molecule has 1 aromatic heterocycles. The molecule has 0 aliphatic carbocycles. The Hall–Kier alpha value is -1.62. The molecule has 2 aliphatic rings. The summed E-state index contributed by atoms with van der Waals surface area (Å²) in [5.74, 6) is 0.481. The molecule has 2 aliphatic heterocycles. The largest absolute Gasteiger partial charge is 0.384 e. The van der Waals surface area contributed by atoms with Crippen molar-refractivity contribution >= 4 is 11.7 Å². The molecule has 5 nitrogen and oxygen atoms in total. The van der Waals surface area contributed by atoms with Crippen molar-refractivity contribution in [2.45, 2.75) is 31.3 Å². The zero-order valence-electron chi connectivity index (χ0n) is 11.2. The molecule has 3 rings (SSSR count). The summed E-state index contributed by atoms with van der Waals surface area (Å²) >= 11 is 0. The first kappa shape index (κ1) is 12.4. The first-order chi connectivity index (χ1) is 9.15. The minimum atomic E-state index is 0.0788. The van der Waals surface area contributed by atoms with Crippen molar-refractivity contribution in [2.24, 2.45) is 0 Å². The Labute approximate surface area is 113 Å². The maximum absolute atomic E-state index is 12.5. The molecule has 1 amide bonds. The normalized spacial score (nSPS) is 27.3. The molecule has 2 bridgehead atoms. The summed E-state index contributed by atoms with van der Waals surface area (Å²) < 4.78 is 0. The van der Waals surface area contributed by atoms with E-state index in [1.54, 1.807) is 18.3 Å². The lowest BCUT2D eigenvalue weighted by Crippen LogP contribution is -2.39. The maximum Gasteiger partial charge on any atom is 0.254 e. The van der Waals surface area contributed by atoms with Crippen LogP contribution >= 0.6 is 0 Å². The molecule has 0 radical (unpaired) electrons. The van der Waals surface area contributed by atoms with Crippen LogP contribution in [0.4, 0.5) is 5.82 Å². The maximum atomic E-state index is 12.5. The van der Waals surface area contributed by atoms with Gasteiger partial charge < -0.3 is 10.6 Å². The van der Waals surface area contributed by atoms with Crippen LogP contribution in [0.3, 0.4) is 0 Å². The fraction of sp³-hybridized carbons (Fsp3) is 0.571. The number of hydrogen-bond acceptors (Lipinski definition) is 4. The Kier molecular flexibility index (Phi) is 3.14. The highest BCUT2D eigenvalue weighted by molar-refractivity contribution is 5.94. The van der Waals surface area contributed by atoms with Crippen molar-refractivity contribution in [1.82, 2.24) is 14.8 Å². The van der Waals surface area contributed by atoms with Crippen LogP contribution in [0, 0.1) is 0 Å². The Bertz CT molecular complexity index is 490. The minimum Gasteiger partial charge on any atom is -0.384 e. The van der Waals surface area contributed by atoms with E-state index in [4.69, 9.17) is 5.73 Å². The Morgan fingerprint density at radius 3 is 2.95 bits per heavy atom. The van der Waals surface area contributed by atoms with Gasteiger partial charge in [-0.25, -0.2) is 4.98 Å². The van der Waals surface area contributed by atoms with E-state index in [9.17, 15) is 4.79 Å². The fourth-order valence-corrected chi connectivity index (χ4v) is 3.26. The number of aromatic nitrogens is 1. The fourth-order valence-electron chi connectivity index (χ4n) is 3.26. The van der Waals surface area contributed by atoms with Gasteiger partial charge in [0.05, 0.1) is 0 Å². The molecule has 2 unspecified atom stereocenters. The molecule has 2 saturated heterocycles. The summed E-state index contributed by atoms with van der Waals surface area (Å²) in [6.07, 6.45) is 5.13. The van der Waals surface area contributed by atoms with E-state index in [-0.39, 0.29) is 5.91 Å². The Morgan fingerprint density at radius 2 is 2.16 bits per heavy atom. The second-order valence-corrected chi connectivity index (χ2v) is 5.56. The van der Waals surface area contributed by atoms with Crippen molar-refractivity contribution in [2.75, 3.05) is 25.9 Å². The molecule has 5 heteroatoms. The lowest BCUT2D eigenvalue weighted by molar-refractivity contribution is 0.0740. The number of anilines is 1. The number of likely N-dealkylation sites (N-methyl/N-ethyl adjacent to an activating group) is 1. The summed E-state index contributed by atoms with van der Waals surface area (Å²) in [5, 5.41) is 0. The molecular weight excluding hydrogens is 240 g/mol. The molecule has 0 saturated carbocycles. The van der Waals surface area contributed by atoms with Crippen molar-refractivity contribution in [3.63, 3.8) is 0 Å². The number of amides is 1. The average molecular weight is 260 g/mol. The first-order valence-corrected chi connectivity index (χ1v) is 6.88. The second-order valence-electron chi connectivity index (χ2n) is 5.56. The van der Waals surface area contributed by atoms with Crippen molar-refractivity contribution in [1.29, 1.82) is 0 Å². The van der Waals surface area contributed by atoms with Crippen LogP contribution in [0.2, 0.25) is 0 Å². The predicted molar refractivity (Wildman–Crippen MR) is 73.7 cm³/mol. The Morgan fingerprint density at radius 1 is 1.37 bits per heavy atom. The van der Waals surface area contributed by atoms with Gasteiger partial charge in [-0.15, -0.1) is 0 Å². The number of nitrogens with two attached hydrogens (primary N) is 1. The van der Waals surface area contributed by atoms with E-state index in [1.807, 2.05) is 4.90 Å². The van der Waals surface area contributed by atoms with E-state index in [1.165, 1.54) is 12.8 Å². The molecule has 0 aromatic carbocycles. The number of likely N-dealkylation sites (tertiary alicyclic amines) is 1. The van der Waals surface area contributed by atoms with Gasteiger partial charge in [-0.05, 0) is 38.4 Å². The molecule has 2 atom stereocenters. The monoisotopic (exact) mass is 260 g/mol. The molecular formula is C14H20N4O. The molecule has 3 heterocycles. The van der Waals surface area contributed by atoms with Crippen LogP contribution in [0.15, 0.2) is 18.3 Å². The number of fused-ring (bicyclic) bond motifs is 2. The first-order valence-electron chi connectivity index (χ1n) is 6.88. The zero-order valence-corrected chi connectivity index (χ0v) is 11.2. The smallest absolute Gasteiger partial charge is 0.254 e. The van der Waals surface area contributed by atoms with Crippen LogP contribution in [-0.2, 0) is 0 Å². The highest BCUT2D eigenvalue weighted by Crippen LogP contribution is 2.29. The van der Waals surface area contributed by atoms with Gasteiger partial charge in [-0.3, -0.25) is 9.69 Å². The van der Waals surface area contributed by atoms with Crippen LogP contribution in [0.25, 0.3) is 0 Å². The molecule has 0 spiro atoms. The Balaban J connectivity index is 1.77. The number of carbonyl (C=O) groups excluding carboxylic acids is 1. The minimum absolute atomic E-state index is 0.0788. The van der Waals surface area contributed by atoms with E-state index in [2.05, 4.69) is 16.9 Å². The van der Waals surface area contributed by atoms with Gasteiger partial charge in [0.1, 0.15) is 5.82 Å². The molecule has 102 valence electrons. The van der Waals surface area contributed by atoms with Gasteiger partial charge in [0.25, 0.3) is 5.91 Å². The standard InChI is InChI=1S/C14H20N4O/c1-17-11-2-3-12(17)9-18(7-5-11)14(19)10-4-6-16-13(15)8-10/h4,6,8,11-12H,2-3,5,7,9H2,1H3,(H2,15,16). The van der Waals surface area contributed by atoms with Crippen molar-refractivity contribution in [3.8, 4) is 0 Å². The SMILES string of the molecule is CN1C2CCC1CN(C(=O)c1ccnc(N)c1)CC2. The summed E-state index contributed by atoms with van der Waals surface area (Å²) in [7, 11) is 2.18. The number of pyridine rings is 1. The second kappa shape index (κ2) is 4.81. The number of rotatable bonds is 1. The van der Waals surface area contributed by atoms with E-state index in [0.29, 0.717) is 23.5 Å². The van der Waals surface area contributed by atoms with Gasteiger partial charge >= 0.3 is 0 Å². The summed E-state index contributed by atoms with van der Waals surface area (Å²) in [4.78, 5) is 20.9. The highest BCUT2D eigenvalue weighted by atomic mass is 16.2. The van der Waals surface area contributed by atoms with Crippen LogP contribution < -0.4 is 5.73 Å². The van der Waals surface area contributed by atoms with Crippen LogP contribution in [0.5, 0.6) is 0 Å². The molecule has 2 N–H and O–H groups in total. The van der Waals surface area contributed by atoms with Crippen LogP contribution in [-0.4, -0.2) is 52.9 Å². The zero-order chi connectivity index (χ0) is 13.4. The number of carbonyl (C=O) groups is 1. The highest BCUT2D eigenvalue weighted by Gasteiger charge is 2.36. The summed E-state index contributed by atoms with van der Waals surface area (Å²) in [5.41, 5.74) is 6.30. The average Bonchev–Trinajstić information content (AvgIpc) is 2.62. The van der Waals surface area contributed by atoms with Gasteiger partial charge in [0, 0.05) is 36.9 Å². The number of hydrogen-bond donors (Lipinski definition) is 1. The van der Waals surface area contributed by atoms with Gasteiger partial charge in [0.15, 0.2) is 0 Å². The van der Waals surface area contributed by atoms with E-state index in [0.717, 1.165) is 19.5 Å². The lowest BCUT2D eigenvalue weighted by Gasteiger charge is -2.25. The van der Waals surface area contributed by atoms with Crippen molar-refractivity contribution in [3.05, 3.63) is 23.9 Å². The molecule has 1 aromatic rings. The van der Waals surface area contributed by atoms with Crippen molar-refractivity contribution < 1.29 is 4.79 Å². The van der Waals surface area contributed by atoms with Gasteiger partial charge in [-0.2, -0.15) is 0 Å². The quantitative estimate of drug-likeness (QED) is 0.817. The third-order valence-electron chi connectivity index (χ3n) is 4.46. The third kappa shape index (κ3) is 2.30. The number of nitrogens with zero attached hydrogens (tertiary/aromatic N) is 3. The molecule has 19 heavy (non-hydrogen) atoms.